The molecule has 8 nitrogen and oxygen atoms in total. The van der Waals surface area contributed by atoms with Crippen LogP contribution in [0.25, 0.3) is 22.0 Å². The van der Waals surface area contributed by atoms with Crippen molar-refractivity contribution < 1.29 is 14.4 Å². The molecule has 0 spiro atoms. The number of aromatic nitrogens is 2. The third-order valence-corrected chi connectivity index (χ3v) is 6.03. The number of nitrogens with zero attached hydrogens (tertiary/aromatic N) is 3. The van der Waals surface area contributed by atoms with Crippen LogP contribution in [-0.2, 0) is 13.1 Å². The van der Waals surface area contributed by atoms with E-state index in [4.69, 9.17) is 0 Å². The van der Waals surface area contributed by atoms with E-state index in [0.717, 1.165) is 27.6 Å². The van der Waals surface area contributed by atoms with Crippen molar-refractivity contribution in [1.29, 1.82) is 0 Å². The number of aryl methyl sites for hydroxylation is 1. The maximum Gasteiger partial charge on any atom is 0.272 e. The summed E-state index contributed by atoms with van der Waals surface area (Å²) in [6.45, 7) is 2.93. The molecule has 36 heavy (non-hydrogen) atoms. The smallest absolute Gasteiger partial charge is 0.272 e. The predicted molar refractivity (Wildman–Crippen MR) is 140 cm³/mol. The molecule has 0 radical (unpaired) electrons. The van der Waals surface area contributed by atoms with Crippen LogP contribution in [0.5, 0.6) is 0 Å². The van der Waals surface area contributed by atoms with Crippen molar-refractivity contribution in [1.82, 2.24) is 25.3 Å². The Morgan fingerprint density at radius 1 is 0.861 bits per heavy atom. The molecule has 1 aromatic heterocycles. The number of carbonyl (C=O) groups is 3. The lowest BCUT2D eigenvalue weighted by Crippen LogP contribution is -2.24. The summed E-state index contributed by atoms with van der Waals surface area (Å²) in [5.41, 5.74) is 5.16. The number of nitrogens with one attached hydrogen (secondary N) is 2. The molecule has 0 aliphatic carbocycles. The largest absolute Gasteiger partial charge is 0.355 e. The highest BCUT2D eigenvalue weighted by molar-refractivity contribution is 6.06. The first-order valence-corrected chi connectivity index (χ1v) is 11.7. The van der Waals surface area contributed by atoms with E-state index in [1.165, 1.54) is 0 Å². The fourth-order valence-electron chi connectivity index (χ4n) is 4.02. The molecule has 8 heteroatoms. The van der Waals surface area contributed by atoms with Crippen LogP contribution in [0.2, 0.25) is 0 Å². The van der Waals surface area contributed by atoms with Gasteiger partial charge in [-0.05, 0) is 60.0 Å². The van der Waals surface area contributed by atoms with Gasteiger partial charge in [0.2, 0.25) is 0 Å². The minimum atomic E-state index is -0.272. The van der Waals surface area contributed by atoms with E-state index in [1.54, 1.807) is 50.3 Å². The average molecular weight is 484 g/mol. The van der Waals surface area contributed by atoms with Crippen LogP contribution in [0.1, 0.15) is 43.7 Å². The molecule has 0 atom stereocenters. The van der Waals surface area contributed by atoms with E-state index in [1.807, 2.05) is 54.1 Å². The van der Waals surface area contributed by atoms with Crippen LogP contribution in [-0.4, -0.2) is 53.5 Å². The zero-order valence-electron chi connectivity index (χ0n) is 20.8. The van der Waals surface area contributed by atoms with Gasteiger partial charge in [0.15, 0.2) is 5.69 Å². The molecule has 4 aromatic rings. The standard InChI is InChI=1S/C28H29N5O3/c1-5-33-24-15-14-22(19-10-12-21(13-11-19)28(36)32(3)4)16-23(24)25(31-33)27(35)30-17-18-6-8-20(9-7-18)26(34)29-2/h6-16H,5,17H2,1-4H3,(H,29,34)(H,30,35). The van der Waals surface area contributed by atoms with Crippen LogP contribution in [0.15, 0.2) is 66.7 Å². The Kier molecular flexibility index (Phi) is 7.15. The van der Waals surface area contributed by atoms with Gasteiger partial charge in [-0.3, -0.25) is 19.1 Å². The second-order valence-electron chi connectivity index (χ2n) is 8.63. The van der Waals surface area contributed by atoms with Crippen molar-refractivity contribution >= 4 is 28.6 Å². The monoisotopic (exact) mass is 483 g/mol. The molecule has 4 rings (SSSR count). The zero-order valence-corrected chi connectivity index (χ0v) is 20.8. The number of hydrogen-bond donors (Lipinski definition) is 2. The second-order valence-corrected chi connectivity index (χ2v) is 8.63. The summed E-state index contributed by atoms with van der Waals surface area (Å²) >= 11 is 0. The Balaban J connectivity index is 1.58. The molecule has 0 aliphatic heterocycles. The van der Waals surface area contributed by atoms with Crippen LogP contribution in [0, 0.1) is 0 Å². The van der Waals surface area contributed by atoms with Crippen molar-refractivity contribution in [2.24, 2.45) is 0 Å². The molecule has 1 heterocycles. The summed E-state index contributed by atoms with van der Waals surface area (Å²) in [6.07, 6.45) is 0. The fraction of sp³-hybridized carbons (Fsp3) is 0.214. The molecule has 2 N–H and O–H groups in total. The van der Waals surface area contributed by atoms with Crippen LogP contribution in [0.4, 0.5) is 0 Å². The summed E-state index contributed by atoms with van der Waals surface area (Å²) in [5, 5.41) is 10.9. The quantitative estimate of drug-likeness (QED) is 0.419. The third kappa shape index (κ3) is 4.98. The molecular weight excluding hydrogens is 454 g/mol. The van der Waals surface area contributed by atoms with Gasteiger partial charge >= 0.3 is 0 Å². The molecule has 3 amide bonds. The molecule has 0 bridgehead atoms. The summed E-state index contributed by atoms with van der Waals surface area (Å²) < 4.78 is 1.81. The Morgan fingerprint density at radius 2 is 1.50 bits per heavy atom. The first kappa shape index (κ1) is 24.7. The average Bonchev–Trinajstić information content (AvgIpc) is 3.29. The highest BCUT2D eigenvalue weighted by Crippen LogP contribution is 2.27. The summed E-state index contributed by atoms with van der Waals surface area (Å²) in [7, 11) is 5.03. The molecule has 0 saturated heterocycles. The van der Waals surface area contributed by atoms with E-state index in [2.05, 4.69) is 15.7 Å². The van der Waals surface area contributed by atoms with Gasteiger partial charge in [-0.25, -0.2) is 0 Å². The molecular formula is C28H29N5O3. The molecule has 0 unspecified atom stereocenters. The molecule has 184 valence electrons. The summed E-state index contributed by atoms with van der Waals surface area (Å²) in [5.74, 6) is -0.480. The SMILES string of the molecule is CCn1nc(C(=O)NCc2ccc(C(=O)NC)cc2)c2cc(-c3ccc(C(=O)N(C)C)cc3)ccc21. The number of carbonyl (C=O) groups excluding carboxylic acids is 3. The van der Waals surface area contributed by atoms with E-state index in [9.17, 15) is 14.4 Å². The summed E-state index contributed by atoms with van der Waals surface area (Å²) in [4.78, 5) is 38.6. The Bertz CT molecular complexity index is 1420. The lowest BCUT2D eigenvalue weighted by molar-refractivity contribution is 0.0827. The number of amides is 3. The van der Waals surface area contributed by atoms with Gasteiger partial charge in [-0.1, -0.05) is 30.3 Å². The van der Waals surface area contributed by atoms with Crippen molar-refractivity contribution in [2.75, 3.05) is 21.1 Å². The Morgan fingerprint density at radius 3 is 2.11 bits per heavy atom. The van der Waals surface area contributed by atoms with Gasteiger partial charge in [-0.15, -0.1) is 0 Å². The maximum atomic E-state index is 13.1. The van der Waals surface area contributed by atoms with Crippen molar-refractivity contribution in [3.05, 3.63) is 89.1 Å². The van der Waals surface area contributed by atoms with Crippen molar-refractivity contribution in [3.8, 4) is 11.1 Å². The van der Waals surface area contributed by atoms with Gasteiger partial charge in [-0.2, -0.15) is 5.10 Å². The van der Waals surface area contributed by atoms with Gasteiger partial charge in [0, 0.05) is 50.7 Å². The number of fused-ring (bicyclic) bond motifs is 1. The van der Waals surface area contributed by atoms with E-state index in [0.29, 0.717) is 29.9 Å². The van der Waals surface area contributed by atoms with E-state index < -0.39 is 0 Å². The van der Waals surface area contributed by atoms with Gasteiger partial charge in [0.25, 0.3) is 17.7 Å². The predicted octanol–water partition coefficient (Wildman–Crippen LogP) is 3.71. The molecule has 0 aliphatic rings. The molecule has 0 fully saturated rings. The third-order valence-electron chi connectivity index (χ3n) is 6.03. The number of rotatable bonds is 7. The normalized spacial score (nSPS) is 10.8. The number of hydrogen-bond acceptors (Lipinski definition) is 4. The van der Waals surface area contributed by atoms with Crippen LogP contribution in [0.3, 0.4) is 0 Å². The van der Waals surface area contributed by atoms with Gasteiger partial charge in [0.1, 0.15) is 0 Å². The molecule has 0 saturated carbocycles. The summed E-state index contributed by atoms with van der Waals surface area (Å²) in [6, 6.07) is 20.4. The topological polar surface area (TPSA) is 96.3 Å². The van der Waals surface area contributed by atoms with E-state index in [-0.39, 0.29) is 17.7 Å². The highest BCUT2D eigenvalue weighted by Gasteiger charge is 2.18. The Hall–Kier alpha value is -4.46. The lowest BCUT2D eigenvalue weighted by Gasteiger charge is -2.10. The first-order chi connectivity index (χ1) is 17.3. The minimum absolute atomic E-state index is 0.0524. The molecule has 3 aromatic carbocycles. The lowest BCUT2D eigenvalue weighted by atomic mass is 10.0. The second kappa shape index (κ2) is 10.4. The maximum absolute atomic E-state index is 13.1. The zero-order chi connectivity index (χ0) is 25.8. The number of benzene rings is 3. The Labute approximate surface area is 209 Å². The van der Waals surface area contributed by atoms with Crippen molar-refractivity contribution in [2.45, 2.75) is 20.0 Å². The first-order valence-electron chi connectivity index (χ1n) is 11.7. The van der Waals surface area contributed by atoms with Crippen LogP contribution >= 0.6 is 0 Å². The van der Waals surface area contributed by atoms with E-state index >= 15 is 0 Å². The van der Waals surface area contributed by atoms with Crippen molar-refractivity contribution in [3.63, 3.8) is 0 Å². The van der Waals surface area contributed by atoms with Gasteiger partial charge < -0.3 is 15.5 Å². The minimum Gasteiger partial charge on any atom is -0.355 e. The fourth-order valence-corrected chi connectivity index (χ4v) is 4.02. The highest BCUT2D eigenvalue weighted by atomic mass is 16.2. The van der Waals surface area contributed by atoms with Crippen LogP contribution < -0.4 is 10.6 Å². The van der Waals surface area contributed by atoms with Gasteiger partial charge in [0.05, 0.1) is 5.52 Å².